The van der Waals surface area contributed by atoms with Crippen LogP contribution in [0, 0.1) is 6.92 Å². The number of carbonyl (C=O) groups is 2. The Morgan fingerprint density at radius 3 is 2.44 bits per heavy atom. The van der Waals surface area contributed by atoms with Crippen LogP contribution in [0.5, 0.6) is 0 Å². The molecule has 3 aromatic carbocycles. The SMILES string of the molecule is CNC(=O)c1ccc2c(C(=O)[C@@H](NCCc3ccc(C)cc3)c3ccccc3)c[nH]c2c1. The molecule has 0 saturated carbocycles. The number of aryl methyl sites for hydroxylation is 1. The predicted octanol–water partition coefficient (Wildman–Crippen LogP) is 4.59. The molecular weight excluding hydrogens is 398 g/mol. The van der Waals surface area contributed by atoms with Crippen molar-refractivity contribution in [3.8, 4) is 0 Å². The maximum atomic E-state index is 13.6. The van der Waals surface area contributed by atoms with Gasteiger partial charge in [-0.2, -0.15) is 0 Å². The van der Waals surface area contributed by atoms with Crippen molar-refractivity contribution in [2.45, 2.75) is 19.4 Å². The molecule has 0 fully saturated rings. The first-order chi connectivity index (χ1) is 15.6. The van der Waals surface area contributed by atoms with E-state index in [1.54, 1.807) is 25.4 Å². The Bertz CT molecular complexity index is 1230. The zero-order valence-electron chi connectivity index (χ0n) is 18.3. The number of fused-ring (bicyclic) bond motifs is 1. The first-order valence-electron chi connectivity index (χ1n) is 10.8. The highest BCUT2D eigenvalue weighted by Crippen LogP contribution is 2.26. The standard InChI is InChI=1S/C27H27N3O2/c1-18-8-10-19(11-9-18)14-15-29-25(20-6-4-3-5-7-20)26(31)23-17-30-24-16-21(27(32)28-2)12-13-22(23)24/h3-13,16-17,25,29-30H,14-15H2,1-2H3,(H,28,32)/t25-/m0/s1. The van der Waals surface area contributed by atoms with Gasteiger partial charge in [0.2, 0.25) is 0 Å². The molecule has 1 atom stereocenters. The molecule has 0 unspecified atom stereocenters. The molecule has 3 N–H and O–H groups in total. The number of aromatic nitrogens is 1. The average molecular weight is 426 g/mol. The number of H-pyrrole nitrogens is 1. The number of ketones is 1. The van der Waals surface area contributed by atoms with Crippen molar-refractivity contribution in [1.29, 1.82) is 0 Å². The number of amides is 1. The van der Waals surface area contributed by atoms with E-state index >= 15 is 0 Å². The first-order valence-corrected chi connectivity index (χ1v) is 10.8. The molecule has 0 aliphatic carbocycles. The fourth-order valence-corrected chi connectivity index (χ4v) is 3.89. The normalized spacial score (nSPS) is 11.9. The van der Waals surface area contributed by atoms with Gasteiger partial charge < -0.3 is 15.6 Å². The highest BCUT2D eigenvalue weighted by Gasteiger charge is 2.24. The van der Waals surface area contributed by atoms with Crippen molar-refractivity contribution in [2.24, 2.45) is 0 Å². The second kappa shape index (κ2) is 9.62. The van der Waals surface area contributed by atoms with Gasteiger partial charge in [-0.15, -0.1) is 0 Å². The summed E-state index contributed by atoms with van der Waals surface area (Å²) in [6, 6.07) is 23.1. The van der Waals surface area contributed by atoms with E-state index in [-0.39, 0.29) is 11.7 Å². The van der Waals surface area contributed by atoms with Crippen molar-refractivity contribution in [2.75, 3.05) is 13.6 Å². The van der Waals surface area contributed by atoms with Gasteiger partial charge in [-0.1, -0.05) is 66.2 Å². The lowest BCUT2D eigenvalue weighted by molar-refractivity contribution is 0.0942. The third-order valence-corrected chi connectivity index (χ3v) is 5.71. The lowest BCUT2D eigenvalue weighted by atomic mass is 9.96. The molecule has 4 rings (SSSR count). The molecule has 1 heterocycles. The van der Waals surface area contributed by atoms with Crippen LogP contribution in [0.25, 0.3) is 10.9 Å². The predicted molar refractivity (Wildman–Crippen MR) is 128 cm³/mol. The molecule has 1 aromatic heterocycles. The largest absolute Gasteiger partial charge is 0.360 e. The van der Waals surface area contributed by atoms with Crippen molar-refractivity contribution in [1.82, 2.24) is 15.6 Å². The van der Waals surface area contributed by atoms with E-state index in [0.717, 1.165) is 22.9 Å². The van der Waals surface area contributed by atoms with E-state index in [1.165, 1.54) is 11.1 Å². The summed E-state index contributed by atoms with van der Waals surface area (Å²) in [5.41, 5.74) is 5.32. The first kappa shape index (κ1) is 21.5. The summed E-state index contributed by atoms with van der Waals surface area (Å²) in [7, 11) is 1.60. The highest BCUT2D eigenvalue weighted by molar-refractivity contribution is 6.11. The maximum absolute atomic E-state index is 13.6. The van der Waals surface area contributed by atoms with Gasteiger partial charge in [-0.05, 0) is 36.6 Å². The molecule has 1 amide bonds. The lowest BCUT2D eigenvalue weighted by Crippen LogP contribution is -2.30. The number of aromatic amines is 1. The van der Waals surface area contributed by atoms with Crippen LogP contribution in [0.3, 0.4) is 0 Å². The van der Waals surface area contributed by atoms with Crippen LogP contribution in [-0.4, -0.2) is 30.3 Å². The topological polar surface area (TPSA) is 74.0 Å². The van der Waals surface area contributed by atoms with Gasteiger partial charge in [0.15, 0.2) is 5.78 Å². The summed E-state index contributed by atoms with van der Waals surface area (Å²) in [4.78, 5) is 28.7. The maximum Gasteiger partial charge on any atom is 0.251 e. The number of hydrogen-bond donors (Lipinski definition) is 3. The van der Waals surface area contributed by atoms with Crippen molar-refractivity contribution in [3.63, 3.8) is 0 Å². The fraction of sp³-hybridized carbons (Fsp3) is 0.185. The van der Waals surface area contributed by atoms with E-state index in [2.05, 4.69) is 46.8 Å². The minimum Gasteiger partial charge on any atom is -0.360 e. The molecule has 0 aliphatic rings. The minimum atomic E-state index is -0.459. The van der Waals surface area contributed by atoms with Crippen LogP contribution < -0.4 is 10.6 Å². The van der Waals surface area contributed by atoms with Crippen LogP contribution in [-0.2, 0) is 6.42 Å². The Labute approximate surface area is 187 Å². The quantitative estimate of drug-likeness (QED) is 0.362. The van der Waals surface area contributed by atoms with Gasteiger partial charge in [0.1, 0.15) is 0 Å². The Morgan fingerprint density at radius 1 is 0.969 bits per heavy atom. The van der Waals surface area contributed by atoms with Crippen LogP contribution in [0.1, 0.15) is 43.4 Å². The zero-order valence-corrected chi connectivity index (χ0v) is 18.3. The van der Waals surface area contributed by atoms with E-state index in [4.69, 9.17) is 0 Å². The average Bonchev–Trinajstić information content (AvgIpc) is 3.26. The van der Waals surface area contributed by atoms with Gasteiger partial charge in [0.25, 0.3) is 5.91 Å². The number of rotatable bonds is 8. The second-order valence-electron chi connectivity index (χ2n) is 7.94. The van der Waals surface area contributed by atoms with Crippen molar-refractivity contribution < 1.29 is 9.59 Å². The number of nitrogens with one attached hydrogen (secondary N) is 3. The molecule has 32 heavy (non-hydrogen) atoms. The molecular formula is C27H27N3O2. The summed E-state index contributed by atoms with van der Waals surface area (Å²) < 4.78 is 0. The zero-order chi connectivity index (χ0) is 22.5. The van der Waals surface area contributed by atoms with Gasteiger partial charge in [-0.3, -0.25) is 9.59 Å². The summed E-state index contributed by atoms with van der Waals surface area (Å²) in [5.74, 6) is -0.159. The molecule has 0 saturated heterocycles. The third-order valence-electron chi connectivity index (χ3n) is 5.71. The minimum absolute atomic E-state index is 0.000880. The Hall–Kier alpha value is -3.70. The van der Waals surface area contributed by atoms with Gasteiger partial charge in [-0.25, -0.2) is 0 Å². The monoisotopic (exact) mass is 425 g/mol. The molecule has 5 heteroatoms. The molecule has 0 aliphatic heterocycles. The molecule has 0 spiro atoms. The van der Waals surface area contributed by atoms with Gasteiger partial charge in [0.05, 0.1) is 6.04 Å². The molecule has 5 nitrogen and oxygen atoms in total. The van der Waals surface area contributed by atoms with Crippen molar-refractivity contribution >= 4 is 22.6 Å². The smallest absolute Gasteiger partial charge is 0.251 e. The third kappa shape index (κ3) is 4.63. The van der Waals surface area contributed by atoms with E-state index in [1.807, 2.05) is 36.4 Å². The number of Topliss-reactive ketones (excluding diaryl/α,β-unsaturated/α-hetero) is 1. The summed E-state index contributed by atoms with van der Waals surface area (Å²) in [6.45, 7) is 2.75. The summed E-state index contributed by atoms with van der Waals surface area (Å²) in [6.07, 6.45) is 2.57. The number of benzene rings is 3. The van der Waals surface area contributed by atoms with Crippen LogP contribution >= 0.6 is 0 Å². The van der Waals surface area contributed by atoms with E-state index in [9.17, 15) is 9.59 Å². The Balaban J connectivity index is 1.58. The van der Waals surface area contributed by atoms with Crippen LogP contribution in [0.2, 0.25) is 0 Å². The fourth-order valence-electron chi connectivity index (χ4n) is 3.89. The van der Waals surface area contributed by atoms with Crippen LogP contribution in [0.15, 0.2) is 79.0 Å². The summed E-state index contributed by atoms with van der Waals surface area (Å²) >= 11 is 0. The van der Waals surface area contributed by atoms with E-state index in [0.29, 0.717) is 17.7 Å². The molecule has 162 valence electrons. The second-order valence-corrected chi connectivity index (χ2v) is 7.94. The van der Waals surface area contributed by atoms with Gasteiger partial charge >= 0.3 is 0 Å². The Kier molecular flexibility index (Phi) is 6.47. The molecule has 4 aromatic rings. The number of hydrogen-bond acceptors (Lipinski definition) is 3. The molecule has 0 bridgehead atoms. The van der Waals surface area contributed by atoms with Gasteiger partial charge in [0, 0.05) is 41.8 Å². The summed E-state index contributed by atoms with van der Waals surface area (Å²) in [5, 5.41) is 6.90. The lowest BCUT2D eigenvalue weighted by Gasteiger charge is -2.18. The number of carbonyl (C=O) groups excluding carboxylic acids is 2. The van der Waals surface area contributed by atoms with Crippen LogP contribution in [0.4, 0.5) is 0 Å². The van der Waals surface area contributed by atoms with Crippen molar-refractivity contribution in [3.05, 3.63) is 107 Å². The Morgan fingerprint density at radius 2 is 1.72 bits per heavy atom. The highest BCUT2D eigenvalue weighted by atomic mass is 16.1. The van der Waals surface area contributed by atoms with E-state index < -0.39 is 6.04 Å². The molecule has 0 radical (unpaired) electrons.